The average molecular weight is 468 g/mol. The van der Waals surface area contributed by atoms with Crippen molar-refractivity contribution >= 4 is 38.6 Å². The molecular weight excluding hydrogens is 442 g/mol. The van der Waals surface area contributed by atoms with Crippen LogP contribution in [0.1, 0.15) is 29.7 Å². The summed E-state index contributed by atoms with van der Waals surface area (Å²) < 4.78 is 1.00. The molecular formula is C24H26BrN3O2. The lowest BCUT2D eigenvalue weighted by atomic mass is 9.95. The number of aromatic nitrogens is 1. The van der Waals surface area contributed by atoms with Crippen molar-refractivity contribution in [2.45, 2.75) is 32.7 Å². The molecule has 6 heteroatoms. The van der Waals surface area contributed by atoms with Gasteiger partial charge in [-0.1, -0.05) is 46.3 Å². The second-order valence-corrected chi connectivity index (χ2v) is 8.87. The van der Waals surface area contributed by atoms with Crippen molar-refractivity contribution in [2.75, 3.05) is 13.1 Å². The van der Waals surface area contributed by atoms with Crippen LogP contribution < -0.4 is 5.32 Å². The van der Waals surface area contributed by atoms with Gasteiger partial charge in [0.25, 0.3) is 0 Å². The quantitative estimate of drug-likeness (QED) is 0.586. The lowest BCUT2D eigenvalue weighted by molar-refractivity contribution is -0.135. The van der Waals surface area contributed by atoms with Crippen molar-refractivity contribution in [3.63, 3.8) is 0 Å². The summed E-state index contributed by atoms with van der Waals surface area (Å²) in [7, 11) is 0. The lowest BCUT2D eigenvalue weighted by Crippen LogP contribution is -2.43. The molecule has 1 aliphatic heterocycles. The second-order valence-electron chi connectivity index (χ2n) is 7.95. The topological polar surface area (TPSA) is 65.2 Å². The number of fused-ring (bicyclic) bond motifs is 1. The number of H-pyrrole nitrogens is 1. The van der Waals surface area contributed by atoms with E-state index >= 15 is 0 Å². The predicted molar refractivity (Wildman–Crippen MR) is 122 cm³/mol. The van der Waals surface area contributed by atoms with Gasteiger partial charge in [-0.3, -0.25) is 9.59 Å². The Morgan fingerprint density at radius 3 is 2.60 bits per heavy atom. The van der Waals surface area contributed by atoms with Crippen molar-refractivity contribution in [3.8, 4) is 0 Å². The van der Waals surface area contributed by atoms with E-state index in [4.69, 9.17) is 0 Å². The Hall–Kier alpha value is -2.60. The number of benzene rings is 2. The Morgan fingerprint density at radius 1 is 1.13 bits per heavy atom. The first-order valence-electron chi connectivity index (χ1n) is 10.4. The molecule has 2 aromatic carbocycles. The van der Waals surface area contributed by atoms with Gasteiger partial charge in [0.2, 0.25) is 11.8 Å². The maximum absolute atomic E-state index is 12.9. The Balaban J connectivity index is 1.32. The Kier molecular flexibility index (Phi) is 6.23. The number of nitrogens with zero attached hydrogens (tertiary/aromatic N) is 1. The van der Waals surface area contributed by atoms with Gasteiger partial charge < -0.3 is 15.2 Å². The van der Waals surface area contributed by atoms with Gasteiger partial charge in [-0.05, 0) is 49.1 Å². The Morgan fingerprint density at radius 2 is 1.87 bits per heavy atom. The standard InChI is InChI=1S/C24H26BrN3O2/c1-16-20(21-13-19(25)7-8-22(21)27-16)14-23(29)28-11-9-18(10-12-28)24(30)26-15-17-5-3-2-4-6-17/h2-8,13,18,27H,9-12,14-15H2,1H3,(H,26,30). The second kappa shape index (κ2) is 9.04. The van der Waals surface area contributed by atoms with Crippen molar-refractivity contribution in [1.29, 1.82) is 0 Å². The van der Waals surface area contributed by atoms with Gasteiger partial charge >= 0.3 is 0 Å². The molecule has 2 amide bonds. The van der Waals surface area contributed by atoms with Gasteiger partial charge in [-0.15, -0.1) is 0 Å². The number of nitrogens with one attached hydrogen (secondary N) is 2. The number of piperidine rings is 1. The van der Waals surface area contributed by atoms with E-state index in [-0.39, 0.29) is 17.7 Å². The van der Waals surface area contributed by atoms with E-state index in [1.54, 1.807) is 0 Å². The summed E-state index contributed by atoms with van der Waals surface area (Å²) >= 11 is 3.52. The third kappa shape index (κ3) is 4.59. The highest BCUT2D eigenvalue weighted by Gasteiger charge is 2.27. The monoisotopic (exact) mass is 467 g/mol. The summed E-state index contributed by atoms with van der Waals surface area (Å²) in [5.74, 6) is 0.189. The number of hydrogen-bond acceptors (Lipinski definition) is 2. The van der Waals surface area contributed by atoms with E-state index in [1.165, 1.54) is 0 Å². The van der Waals surface area contributed by atoms with Gasteiger partial charge in [-0.2, -0.15) is 0 Å². The van der Waals surface area contributed by atoms with Crippen LogP contribution >= 0.6 is 15.9 Å². The van der Waals surface area contributed by atoms with E-state index in [2.05, 4.69) is 32.3 Å². The molecule has 4 rings (SSSR count). The summed E-state index contributed by atoms with van der Waals surface area (Å²) in [5, 5.41) is 4.12. The zero-order valence-corrected chi connectivity index (χ0v) is 18.7. The van der Waals surface area contributed by atoms with Gasteiger partial charge in [0.05, 0.1) is 6.42 Å². The average Bonchev–Trinajstić information content (AvgIpc) is 3.07. The molecule has 0 radical (unpaired) electrons. The van der Waals surface area contributed by atoms with Gasteiger partial charge in [0.1, 0.15) is 0 Å². The molecule has 156 valence electrons. The van der Waals surface area contributed by atoms with Crippen LogP contribution in [-0.4, -0.2) is 34.8 Å². The van der Waals surface area contributed by atoms with Crippen molar-refractivity contribution in [1.82, 2.24) is 15.2 Å². The molecule has 3 aromatic rings. The largest absolute Gasteiger partial charge is 0.358 e. The van der Waals surface area contributed by atoms with Crippen LogP contribution in [0, 0.1) is 12.8 Å². The summed E-state index contributed by atoms with van der Waals surface area (Å²) in [6, 6.07) is 16.0. The number of likely N-dealkylation sites (tertiary alicyclic amines) is 1. The van der Waals surface area contributed by atoms with Gasteiger partial charge in [0, 0.05) is 46.6 Å². The minimum atomic E-state index is -0.0245. The molecule has 0 aliphatic carbocycles. The zero-order valence-electron chi connectivity index (χ0n) is 17.1. The molecule has 0 saturated carbocycles. The number of amides is 2. The Labute approximate surface area is 185 Å². The molecule has 0 spiro atoms. The highest BCUT2D eigenvalue weighted by molar-refractivity contribution is 9.10. The number of aromatic amines is 1. The fourth-order valence-electron chi connectivity index (χ4n) is 4.17. The highest BCUT2D eigenvalue weighted by Crippen LogP contribution is 2.27. The molecule has 1 fully saturated rings. The van der Waals surface area contributed by atoms with Crippen molar-refractivity contribution in [3.05, 3.63) is 69.8 Å². The molecule has 2 heterocycles. The first-order valence-corrected chi connectivity index (χ1v) is 11.2. The zero-order chi connectivity index (χ0) is 21.1. The number of carbonyl (C=O) groups excluding carboxylic acids is 2. The summed E-state index contributed by atoms with van der Waals surface area (Å²) in [5.41, 5.74) is 4.23. The van der Waals surface area contributed by atoms with Crippen molar-refractivity contribution < 1.29 is 9.59 Å². The number of rotatable bonds is 5. The number of carbonyl (C=O) groups is 2. The SMILES string of the molecule is Cc1[nH]c2ccc(Br)cc2c1CC(=O)N1CCC(C(=O)NCc2ccccc2)CC1. The summed E-state index contributed by atoms with van der Waals surface area (Å²) in [6.45, 7) is 3.83. The number of aryl methyl sites for hydroxylation is 1. The Bertz CT molecular complexity index is 1050. The number of hydrogen-bond donors (Lipinski definition) is 2. The smallest absolute Gasteiger partial charge is 0.227 e. The van der Waals surface area contributed by atoms with Gasteiger partial charge in [0.15, 0.2) is 0 Å². The summed E-state index contributed by atoms with van der Waals surface area (Å²) in [6.07, 6.45) is 1.81. The molecule has 1 saturated heterocycles. The van der Waals surface area contributed by atoms with Crippen LogP contribution in [0.4, 0.5) is 0 Å². The van der Waals surface area contributed by atoms with Crippen LogP contribution in [0.25, 0.3) is 10.9 Å². The third-order valence-corrected chi connectivity index (χ3v) is 6.43. The molecule has 1 aromatic heterocycles. The van der Waals surface area contributed by atoms with Crippen LogP contribution in [0.3, 0.4) is 0 Å². The van der Waals surface area contributed by atoms with E-state index in [1.807, 2.05) is 54.3 Å². The molecule has 5 nitrogen and oxygen atoms in total. The molecule has 2 N–H and O–H groups in total. The van der Waals surface area contributed by atoms with Crippen LogP contribution in [-0.2, 0) is 22.6 Å². The minimum Gasteiger partial charge on any atom is -0.358 e. The first-order chi connectivity index (χ1) is 14.5. The van der Waals surface area contributed by atoms with Crippen LogP contribution in [0.2, 0.25) is 0 Å². The van der Waals surface area contributed by atoms with E-state index < -0.39 is 0 Å². The normalized spacial score (nSPS) is 14.8. The van der Waals surface area contributed by atoms with E-state index in [0.717, 1.165) is 32.2 Å². The van der Waals surface area contributed by atoms with Gasteiger partial charge in [-0.25, -0.2) is 0 Å². The van der Waals surface area contributed by atoms with Crippen molar-refractivity contribution in [2.24, 2.45) is 5.92 Å². The molecule has 0 atom stereocenters. The third-order valence-electron chi connectivity index (χ3n) is 5.94. The van der Waals surface area contributed by atoms with Crippen LogP contribution in [0.15, 0.2) is 53.0 Å². The fourth-order valence-corrected chi connectivity index (χ4v) is 4.53. The maximum atomic E-state index is 12.9. The molecule has 0 unspecified atom stereocenters. The van der Waals surface area contributed by atoms with E-state index in [9.17, 15) is 9.59 Å². The predicted octanol–water partition coefficient (Wildman–Crippen LogP) is 4.34. The molecule has 0 bridgehead atoms. The first kappa shape index (κ1) is 20.7. The fraction of sp³-hybridized carbons (Fsp3) is 0.333. The minimum absolute atomic E-state index is 0.0245. The maximum Gasteiger partial charge on any atom is 0.227 e. The number of halogens is 1. The summed E-state index contributed by atoms with van der Waals surface area (Å²) in [4.78, 5) is 30.7. The lowest BCUT2D eigenvalue weighted by Gasteiger charge is -2.31. The molecule has 1 aliphatic rings. The highest BCUT2D eigenvalue weighted by atomic mass is 79.9. The van der Waals surface area contributed by atoms with Crippen LogP contribution in [0.5, 0.6) is 0 Å². The van der Waals surface area contributed by atoms with E-state index in [0.29, 0.717) is 38.9 Å². The molecule has 30 heavy (non-hydrogen) atoms.